The summed E-state index contributed by atoms with van der Waals surface area (Å²) in [5.41, 5.74) is 2.07. The third-order valence-electron chi connectivity index (χ3n) is 4.64. The van der Waals surface area contributed by atoms with Gasteiger partial charge in [-0.1, -0.05) is 24.3 Å². The quantitative estimate of drug-likeness (QED) is 0.438. The minimum absolute atomic E-state index is 0.133. The van der Waals surface area contributed by atoms with Gasteiger partial charge in [0.1, 0.15) is 17.6 Å². The molecular formula is C21H14BrN5O3. The molecule has 5 rings (SSSR count). The number of nitrogens with zero attached hydrogens (tertiary/aromatic N) is 4. The molecule has 0 bridgehead atoms. The van der Waals surface area contributed by atoms with Crippen molar-refractivity contribution in [1.82, 2.24) is 19.3 Å². The van der Waals surface area contributed by atoms with Gasteiger partial charge >= 0.3 is 0 Å². The Morgan fingerprint density at radius 3 is 2.77 bits per heavy atom. The summed E-state index contributed by atoms with van der Waals surface area (Å²) >= 11 is 3.36. The van der Waals surface area contributed by atoms with Crippen LogP contribution in [-0.4, -0.2) is 25.2 Å². The van der Waals surface area contributed by atoms with Crippen LogP contribution < -0.4 is 10.9 Å². The van der Waals surface area contributed by atoms with E-state index in [1.807, 2.05) is 36.4 Å². The van der Waals surface area contributed by atoms with Gasteiger partial charge in [-0.3, -0.25) is 14.2 Å². The second kappa shape index (κ2) is 7.27. The number of hydrogen-bond acceptors (Lipinski definition) is 5. The van der Waals surface area contributed by atoms with E-state index < -0.39 is 5.56 Å². The number of hydrogen-bond donors (Lipinski definition) is 1. The Bertz CT molecular complexity index is 1470. The van der Waals surface area contributed by atoms with Gasteiger partial charge in [-0.05, 0) is 40.2 Å². The molecule has 0 saturated carbocycles. The number of nitrogens with one attached hydrogen (secondary N) is 1. The van der Waals surface area contributed by atoms with Crippen LogP contribution >= 0.6 is 15.9 Å². The van der Waals surface area contributed by atoms with Gasteiger partial charge in [0.2, 0.25) is 11.5 Å². The van der Waals surface area contributed by atoms with Gasteiger partial charge in [0, 0.05) is 11.6 Å². The van der Waals surface area contributed by atoms with E-state index in [-0.39, 0.29) is 18.0 Å². The number of carbonyl (C=O) groups excluding carboxylic acids is 1. The first-order valence-electron chi connectivity index (χ1n) is 9.06. The van der Waals surface area contributed by atoms with Crippen molar-refractivity contribution in [2.45, 2.75) is 6.54 Å². The number of anilines is 1. The zero-order valence-electron chi connectivity index (χ0n) is 15.4. The van der Waals surface area contributed by atoms with E-state index in [2.05, 4.69) is 31.3 Å². The van der Waals surface area contributed by atoms with E-state index in [1.165, 1.54) is 10.9 Å². The first kappa shape index (κ1) is 18.3. The molecule has 2 aromatic carbocycles. The lowest BCUT2D eigenvalue weighted by molar-refractivity contribution is -0.116. The monoisotopic (exact) mass is 463 g/mol. The lowest BCUT2D eigenvalue weighted by Gasteiger charge is -2.11. The summed E-state index contributed by atoms with van der Waals surface area (Å²) in [6.07, 6.45) is 4.81. The van der Waals surface area contributed by atoms with Crippen LogP contribution in [0.1, 0.15) is 0 Å². The van der Waals surface area contributed by atoms with Crippen LogP contribution in [0.15, 0.2) is 80.9 Å². The molecule has 0 aliphatic heterocycles. The molecule has 0 atom stereocenters. The molecule has 5 aromatic rings. The van der Waals surface area contributed by atoms with Crippen molar-refractivity contribution in [2.75, 3.05) is 5.32 Å². The molecule has 3 aromatic heterocycles. The Morgan fingerprint density at radius 1 is 1.13 bits per heavy atom. The molecule has 0 spiro atoms. The van der Waals surface area contributed by atoms with Gasteiger partial charge in [0.25, 0.3) is 5.56 Å². The van der Waals surface area contributed by atoms with Gasteiger partial charge in [-0.2, -0.15) is 5.10 Å². The molecule has 1 N–H and O–H groups in total. The molecule has 30 heavy (non-hydrogen) atoms. The summed E-state index contributed by atoms with van der Waals surface area (Å²) in [5.74, 6) is -0.368. The number of fused-ring (bicyclic) bond motifs is 3. The highest BCUT2D eigenvalue weighted by Crippen LogP contribution is 2.24. The molecule has 8 nitrogen and oxygen atoms in total. The van der Waals surface area contributed by atoms with Crippen LogP contribution in [0.25, 0.3) is 27.8 Å². The van der Waals surface area contributed by atoms with Gasteiger partial charge < -0.3 is 9.73 Å². The predicted octanol–water partition coefficient (Wildman–Crippen LogP) is 3.73. The fourth-order valence-corrected chi connectivity index (χ4v) is 3.57. The number of amides is 1. The Balaban J connectivity index is 1.44. The topological polar surface area (TPSA) is 95.0 Å². The number of carbonyl (C=O) groups is 1. The summed E-state index contributed by atoms with van der Waals surface area (Å²) in [4.78, 5) is 29.8. The Labute approximate surface area is 177 Å². The molecule has 9 heteroatoms. The maximum Gasteiger partial charge on any atom is 0.297 e. The number of aromatic nitrogens is 4. The second-order valence-electron chi connectivity index (χ2n) is 6.62. The Hall–Kier alpha value is -3.72. The zero-order valence-corrected chi connectivity index (χ0v) is 17.0. The minimum atomic E-state index is -0.407. The number of halogens is 1. The van der Waals surface area contributed by atoms with Crippen LogP contribution in [0.3, 0.4) is 0 Å². The van der Waals surface area contributed by atoms with Gasteiger partial charge in [0.05, 0.1) is 28.4 Å². The van der Waals surface area contributed by atoms with Crippen molar-refractivity contribution in [3.8, 4) is 5.69 Å². The fraction of sp³-hybridized carbons (Fsp3) is 0.0476. The summed E-state index contributed by atoms with van der Waals surface area (Å²) in [7, 11) is 0. The van der Waals surface area contributed by atoms with E-state index in [1.54, 1.807) is 29.2 Å². The Morgan fingerprint density at radius 2 is 1.93 bits per heavy atom. The average molecular weight is 464 g/mol. The van der Waals surface area contributed by atoms with Crippen LogP contribution in [-0.2, 0) is 11.3 Å². The lowest BCUT2D eigenvalue weighted by atomic mass is 10.2. The fourth-order valence-electron chi connectivity index (χ4n) is 3.28. The molecular weight excluding hydrogens is 450 g/mol. The zero-order chi connectivity index (χ0) is 20.7. The van der Waals surface area contributed by atoms with Gasteiger partial charge in [0.15, 0.2) is 0 Å². The van der Waals surface area contributed by atoms with Gasteiger partial charge in [-0.25, -0.2) is 9.67 Å². The second-order valence-corrected chi connectivity index (χ2v) is 7.54. The third kappa shape index (κ3) is 3.18. The molecule has 0 aliphatic rings. The van der Waals surface area contributed by atoms with E-state index in [4.69, 9.17) is 4.42 Å². The third-order valence-corrected chi connectivity index (χ3v) is 5.05. The average Bonchev–Trinajstić information content (AvgIpc) is 3.34. The number of furan rings is 1. The summed E-state index contributed by atoms with van der Waals surface area (Å²) < 4.78 is 9.36. The van der Waals surface area contributed by atoms with Gasteiger partial charge in [-0.15, -0.1) is 0 Å². The van der Waals surface area contributed by atoms with Crippen LogP contribution in [0.4, 0.5) is 5.69 Å². The van der Waals surface area contributed by atoms with Crippen LogP contribution in [0.2, 0.25) is 0 Å². The van der Waals surface area contributed by atoms with E-state index in [9.17, 15) is 9.59 Å². The van der Waals surface area contributed by atoms with Crippen molar-refractivity contribution < 1.29 is 9.21 Å². The lowest BCUT2D eigenvalue weighted by Crippen LogP contribution is -2.28. The Kier molecular flexibility index (Phi) is 4.44. The van der Waals surface area contributed by atoms with Crippen molar-refractivity contribution in [2.24, 2.45) is 0 Å². The minimum Gasteiger partial charge on any atom is -0.448 e. The number of para-hydroxylation sites is 3. The highest BCUT2D eigenvalue weighted by molar-refractivity contribution is 9.10. The maximum atomic E-state index is 12.8. The molecule has 0 fully saturated rings. The molecule has 3 heterocycles. The summed E-state index contributed by atoms with van der Waals surface area (Å²) in [5, 5.41) is 7.85. The van der Waals surface area contributed by atoms with Crippen LogP contribution in [0.5, 0.6) is 0 Å². The maximum absolute atomic E-state index is 12.8. The number of rotatable bonds is 4. The van der Waals surface area contributed by atoms with Crippen molar-refractivity contribution in [3.63, 3.8) is 0 Å². The standard InChI is InChI=1S/C21H14BrN5O3/c22-13-9-24-27(10-13)16-7-3-2-6-15(16)25-18(28)11-26-12-23-19-14-5-1-4-8-17(14)30-20(19)21(26)29/h1-10,12H,11H2,(H,25,28). The van der Waals surface area contributed by atoms with E-state index in [0.717, 1.165) is 9.86 Å². The van der Waals surface area contributed by atoms with E-state index >= 15 is 0 Å². The SMILES string of the molecule is O=C(Cn1cnc2c(oc3ccccc32)c1=O)Nc1ccccc1-n1cc(Br)cn1. The molecule has 0 radical (unpaired) electrons. The predicted molar refractivity (Wildman–Crippen MR) is 116 cm³/mol. The molecule has 0 saturated heterocycles. The highest BCUT2D eigenvalue weighted by atomic mass is 79.9. The molecule has 1 amide bonds. The van der Waals surface area contributed by atoms with Crippen LogP contribution in [0, 0.1) is 0 Å². The number of benzene rings is 2. The van der Waals surface area contributed by atoms with Crippen molar-refractivity contribution >= 4 is 49.6 Å². The molecule has 0 aliphatic carbocycles. The van der Waals surface area contributed by atoms with Crippen molar-refractivity contribution in [1.29, 1.82) is 0 Å². The molecule has 0 unspecified atom stereocenters. The molecule has 148 valence electrons. The largest absolute Gasteiger partial charge is 0.448 e. The summed E-state index contributed by atoms with van der Waals surface area (Å²) in [6, 6.07) is 14.6. The first-order chi connectivity index (χ1) is 14.6. The van der Waals surface area contributed by atoms with E-state index in [0.29, 0.717) is 22.5 Å². The highest BCUT2D eigenvalue weighted by Gasteiger charge is 2.15. The van der Waals surface area contributed by atoms with Crippen molar-refractivity contribution in [3.05, 3.63) is 82.1 Å². The summed E-state index contributed by atoms with van der Waals surface area (Å²) in [6.45, 7) is -0.198. The normalized spacial score (nSPS) is 11.2. The first-order valence-corrected chi connectivity index (χ1v) is 9.85. The smallest absolute Gasteiger partial charge is 0.297 e.